The van der Waals surface area contributed by atoms with Crippen LogP contribution in [0.25, 0.3) is 0 Å². The van der Waals surface area contributed by atoms with Crippen molar-refractivity contribution in [3.63, 3.8) is 0 Å². The first kappa shape index (κ1) is 14.9. The molecule has 0 aromatic heterocycles. The largest absolute Gasteiger partial charge is 0.372 e. The molecule has 0 radical (unpaired) electrons. The van der Waals surface area contributed by atoms with Crippen molar-refractivity contribution in [2.75, 3.05) is 13.1 Å². The number of rotatable bonds is 1. The van der Waals surface area contributed by atoms with Gasteiger partial charge in [-0.3, -0.25) is 10.1 Å². The average molecular weight is 292 g/mol. The minimum absolute atomic E-state index is 0.118. The molecule has 1 aromatic carbocycles. The van der Waals surface area contributed by atoms with Gasteiger partial charge in [-0.15, -0.1) is 0 Å². The molecule has 0 spiro atoms. The number of morpholine rings is 1. The number of ether oxygens (including phenoxy) is 1. The van der Waals surface area contributed by atoms with Crippen LogP contribution in [-0.2, 0) is 4.74 Å². The highest BCUT2D eigenvalue weighted by molar-refractivity contribution is 7.80. The van der Waals surface area contributed by atoms with Crippen molar-refractivity contribution in [1.29, 1.82) is 0 Å². The summed E-state index contributed by atoms with van der Waals surface area (Å²) in [6.07, 6.45) is 0.237. The fourth-order valence-corrected chi connectivity index (χ4v) is 2.54. The van der Waals surface area contributed by atoms with Gasteiger partial charge in [0.15, 0.2) is 5.11 Å². The van der Waals surface area contributed by atoms with Crippen LogP contribution < -0.4 is 5.32 Å². The van der Waals surface area contributed by atoms with E-state index in [-0.39, 0.29) is 18.1 Å². The number of carbonyl (C=O) groups is 1. The Balaban J connectivity index is 1.97. The Morgan fingerprint density at radius 3 is 2.35 bits per heavy atom. The van der Waals surface area contributed by atoms with Crippen LogP contribution in [0.4, 0.5) is 0 Å². The maximum absolute atomic E-state index is 12.1. The third-order valence-electron chi connectivity index (χ3n) is 3.24. The summed E-state index contributed by atoms with van der Waals surface area (Å²) in [4.78, 5) is 14.1. The maximum Gasteiger partial charge on any atom is 0.257 e. The van der Waals surface area contributed by atoms with Gasteiger partial charge in [0.05, 0.1) is 12.2 Å². The third-order valence-corrected chi connectivity index (χ3v) is 3.60. The number of thiocarbonyl (C=S) groups is 1. The van der Waals surface area contributed by atoms with Crippen LogP contribution in [0.15, 0.2) is 24.3 Å². The van der Waals surface area contributed by atoms with E-state index in [1.165, 1.54) is 0 Å². The van der Waals surface area contributed by atoms with Crippen LogP contribution in [-0.4, -0.2) is 41.2 Å². The molecule has 20 heavy (non-hydrogen) atoms. The monoisotopic (exact) mass is 292 g/mol. The summed E-state index contributed by atoms with van der Waals surface area (Å²) < 4.78 is 5.66. The smallest absolute Gasteiger partial charge is 0.257 e. The average Bonchev–Trinajstić information content (AvgIpc) is 2.38. The fraction of sp³-hybridized carbons (Fsp3) is 0.467. The maximum atomic E-state index is 12.1. The van der Waals surface area contributed by atoms with Gasteiger partial charge >= 0.3 is 0 Å². The lowest BCUT2D eigenvalue weighted by Crippen LogP contribution is -2.52. The summed E-state index contributed by atoms with van der Waals surface area (Å²) in [5.41, 5.74) is 1.74. The number of nitrogens with one attached hydrogen (secondary N) is 1. The number of amides is 1. The molecule has 2 rings (SSSR count). The molecule has 5 heteroatoms. The van der Waals surface area contributed by atoms with Gasteiger partial charge in [0.1, 0.15) is 0 Å². The van der Waals surface area contributed by atoms with Crippen molar-refractivity contribution in [2.24, 2.45) is 0 Å². The van der Waals surface area contributed by atoms with Crippen molar-refractivity contribution in [2.45, 2.75) is 33.0 Å². The quantitative estimate of drug-likeness (QED) is 0.805. The molecule has 4 nitrogen and oxygen atoms in total. The Labute approximate surface area is 125 Å². The number of hydrogen-bond acceptors (Lipinski definition) is 3. The minimum atomic E-state index is -0.165. The zero-order chi connectivity index (χ0) is 14.7. The summed E-state index contributed by atoms with van der Waals surface area (Å²) in [7, 11) is 0. The molecule has 0 unspecified atom stereocenters. The fourth-order valence-electron chi connectivity index (χ4n) is 2.30. The highest BCUT2D eigenvalue weighted by atomic mass is 32.1. The zero-order valence-electron chi connectivity index (χ0n) is 12.1. The first-order valence-corrected chi connectivity index (χ1v) is 7.19. The molecule has 1 fully saturated rings. The second-order valence-electron chi connectivity index (χ2n) is 5.29. The second kappa shape index (κ2) is 6.33. The third kappa shape index (κ3) is 3.77. The second-order valence-corrected chi connectivity index (χ2v) is 5.67. The molecule has 1 aromatic rings. The van der Waals surface area contributed by atoms with E-state index >= 15 is 0 Å². The van der Waals surface area contributed by atoms with E-state index in [4.69, 9.17) is 17.0 Å². The van der Waals surface area contributed by atoms with Crippen molar-refractivity contribution < 1.29 is 9.53 Å². The molecule has 0 aliphatic carbocycles. The molecular formula is C15H20N2O2S. The van der Waals surface area contributed by atoms with Crippen molar-refractivity contribution >= 4 is 23.2 Å². The topological polar surface area (TPSA) is 41.6 Å². The van der Waals surface area contributed by atoms with Crippen LogP contribution in [0.3, 0.4) is 0 Å². The first-order valence-electron chi connectivity index (χ1n) is 6.78. The molecule has 0 saturated carbocycles. The Hall–Kier alpha value is -1.46. The summed E-state index contributed by atoms with van der Waals surface area (Å²) in [6, 6.07) is 7.43. The molecule has 2 atom stereocenters. The van der Waals surface area contributed by atoms with Gasteiger partial charge in [-0.1, -0.05) is 17.7 Å². The zero-order valence-corrected chi connectivity index (χ0v) is 12.9. The molecule has 108 valence electrons. The number of hydrogen-bond donors (Lipinski definition) is 1. The predicted molar refractivity (Wildman–Crippen MR) is 82.8 cm³/mol. The normalized spacial score (nSPS) is 22.4. The van der Waals surface area contributed by atoms with Crippen LogP contribution in [0, 0.1) is 6.92 Å². The van der Waals surface area contributed by atoms with Crippen molar-refractivity contribution in [3.05, 3.63) is 35.4 Å². The van der Waals surface area contributed by atoms with E-state index in [1.807, 2.05) is 37.8 Å². The van der Waals surface area contributed by atoms with E-state index in [2.05, 4.69) is 5.32 Å². The summed E-state index contributed by atoms with van der Waals surface area (Å²) >= 11 is 5.32. The highest BCUT2D eigenvalue weighted by Gasteiger charge is 2.24. The van der Waals surface area contributed by atoms with E-state index in [9.17, 15) is 4.79 Å². The molecule has 0 bridgehead atoms. The van der Waals surface area contributed by atoms with Gasteiger partial charge < -0.3 is 9.64 Å². The first-order chi connectivity index (χ1) is 9.45. The van der Waals surface area contributed by atoms with Crippen LogP contribution in [0.5, 0.6) is 0 Å². The Morgan fingerprint density at radius 2 is 1.80 bits per heavy atom. The predicted octanol–water partition coefficient (Wildman–Crippen LogP) is 2.12. The molecule has 1 N–H and O–H groups in total. The van der Waals surface area contributed by atoms with Crippen LogP contribution in [0.2, 0.25) is 0 Å². The molecule has 1 aliphatic rings. The van der Waals surface area contributed by atoms with E-state index in [0.717, 1.165) is 5.56 Å². The standard InChI is InChI=1S/C15H20N2O2S/c1-10-4-6-13(7-5-10)14(18)16-15(20)17-8-11(2)19-12(3)9-17/h4-7,11-12H,8-9H2,1-3H3,(H,16,18,20)/t11-,12-/m0/s1. The number of nitrogens with zero attached hydrogens (tertiary/aromatic N) is 1. The van der Waals surface area contributed by atoms with Gasteiger partial charge in [-0.2, -0.15) is 0 Å². The highest BCUT2D eigenvalue weighted by Crippen LogP contribution is 2.11. The van der Waals surface area contributed by atoms with Gasteiger partial charge in [-0.05, 0) is 45.1 Å². The van der Waals surface area contributed by atoms with E-state index in [1.54, 1.807) is 12.1 Å². The molecule has 1 amide bonds. The molecule has 1 saturated heterocycles. The number of benzene rings is 1. The summed E-state index contributed by atoms with van der Waals surface area (Å²) in [5, 5.41) is 3.26. The van der Waals surface area contributed by atoms with Crippen LogP contribution >= 0.6 is 12.2 Å². The van der Waals surface area contributed by atoms with Crippen molar-refractivity contribution in [1.82, 2.24) is 10.2 Å². The number of carbonyl (C=O) groups excluding carboxylic acids is 1. The lowest BCUT2D eigenvalue weighted by Gasteiger charge is -2.36. The number of aryl methyl sites for hydroxylation is 1. The van der Waals surface area contributed by atoms with E-state index < -0.39 is 0 Å². The Kier molecular flexibility index (Phi) is 4.73. The van der Waals surface area contributed by atoms with Crippen molar-refractivity contribution in [3.8, 4) is 0 Å². The van der Waals surface area contributed by atoms with E-state index in [0.29, 0.717) is 23.8 Å². The lowest BCUT2D eigenvalue weighted by molar-refractivity contribution is -0.0481. The summed E-state index contributed by atoms with van der Waals surface area (Å²) in [5.74, 6) is -0.165. The van der Waals surface area contributed by atoms with Crippen LogP contribution in [0.1, 0.15) is 29.8 Å². The Morgan fingerprint density at radius 1 is 1.25 bits per heavy atom. The minimum Gasteiger partial charge on any atom is -0.372 e. The molecular weight excluding hydrogens is 272 g/mol. The van der Waals surface area contributed by atoms with Gasteiger partial charge in [0.25, 0.3) is 5.91 Å². The SMILES string of the molecule is Cc1ccc(C(=O)NC(=S)N2C[C@H](C)O[C@@H](C)C2)cc1. The Bertz CT molecular complexity index is 491. The van der Waals surface area contributed by atoms with Gasteiger partial charge in [-0.25, -0.2) is 0 Å². The molecule has 1 heterocycles. The van der Waals surface area contributed by atoms with Gasteiger partial charge in [0, 0.05) is 18.7 Å². The lowest BCUT2D eigenvalue weighted by atomic mass is 10.1. The molecule has 1 aliphatic heterocycles. The summed E-state index contributed by atoms with van der Waals surface area (Å²) in [6.45, 7) is 7.41. The van der Waals surface area contributed by atoms with Gasteiger partial charge in [0.2, 0.25) is 0 Å².